The Morgan fingerprint density at radius 2 is 1.96 bits per heavy atom. The molecule has 0 radical (unpaired) electrons. The molecule has 0 aliphatic heterocycles. The molecule has 3 rings (SSSR count). The van der Waals surface area contributed by atoms with Crippen LogP contribution in [0, 0.1) is 0 Å². The number of aliphatic hydroxyl groups excluding tert-OH is 1. The summed E-state index contributed by atoms with van der Waals surface area (Å²) in [6.45, 7) is 2.52. The standard InChI is InChI=1S/C19H19NO3S/c1-2-23-17-9-5-3-8-14(17)19(22)20-11-16(21)15-12-24-18-10-6-4-7-13(15)18/h3-10,12,16,21H,2,11H2,1H3,(H,20,22). The molecule has 1 amide bonds. The summed E-state index contributed by atoms with van der Waals surface area (Å²) in [6, 6.07) is 15.0. The number of hydrogen-bond acceptors (Lipinski definition) is 4. The van der Waals surface area contributed by atoms with Gasteiger partial charge in [0, 0.05) is 16.8 Å². The fraction of sp³-hybridized carbons (Fsp3) is 0.211. The molecule has 0 saturated heterocycles. The van der Waals surface area contributed by atoms with Crippen LogP contribution in [-0.2, 0) is 0 Å². The van der Waals surface area contributed by atoms with Gasteiger partial charge < -0.3 is 15.2 Å². The van der Waals surface area contributed by atoms with Gasteiger partial charge in [-0.15, -0.1) is 11.3 Å². The van der Waals surface area contributed by atoms with Crippen LogP contribution in [0.2, 0.25) is 0 Å². The van der Waals surface area contributed by atoms with E-state index in [2.05, 4.69) is 5.32 Å². The molecule has 2 aromatic carbocycles. The van der Waals surface area contributed by atoms with Gasteiger partial charge >= 0.3 is 0 Å². The molecule has 1 aromatic heterocycles. The minimum Gasteiger partial charge on any atom is -0.493 e. The highest BCUT2D eigenvalue weighted by Gasteiger charge is 2.16. The first-order valence-corrected chi connectivity index (χ1v) is 8.73. The Hall–Kier alpha value is -2.37. The van der Waals surface area contributed by atoms with Crippen molar-refractivity contribution in [1.82, 2.24) is 5.32 Å². The molecule has 1 unspecified atom stereocenters. The average molecular weight is 341 g/mol. The first kappa shape index (κ1) is 16.5. The van der Waals surface area contributed by atoms with Crippen LogP contribution < -0.4 is 10.1 Å². The highest BCUT2D eigenvalue weighted by atomic mass is 32.1. The van der Waals surface area contributed by atoms with Crippen LogP contribution in [0.4, 0.5) is 0 Å². The van der Waals surface area contributed by atoms with Gasteiger partial charge in [0.25, 0.3) is 5.91 Å². The fourth-order valence-corrected chi connectivity index (χ4v) is 3.59. The number of rotatable bonds is 6. The zero-order valence-corrected chi connectivity index (χ0v) is 14.2. The summed E-state index contributed by atoms with van der Waals surface area (Å²) in [4.78, 5) is 12.4. The van der Waals surface area contributed by atoms with Gasteiger partial charge in [-0.3, -0.25) is 4.79 Å². The van der Waals surface area contributed by atoms with Crippen molar-refractivity contribution in [3.63, 3.8) is 0 Å². The van der Waals surface area contributed by atoms with E-state index in [4.69, 9.17) is 4.74 Å². The second kappa shape index (κ2) is 7.47. The number of ether oxygens (including phenoxy) is 1. The van der Waals surface area contributed by atoms with Crippen molar-refractivity contribution in [2.24, 2.45) is 0 Å². The third-order valence-corrected chi connectivity index (χ3v) is 4.74. The van der Waals surface area contributed by atoms with Crippen molar-refractivity contribution in [2.45, 2.75) is 13.0 Å². The molecule has 0 fully saturated rings. The van der Waals surface area contributed by atoms with Crippen molar-refractivity contribution in [2.75, 3.05) is 13.2 Å². The molecule has 5 heteroatoms. The molecule has 0 aliphatic carbocycles. The summed E-state index contributed by atoms with van der Waals surface area (Å²) < 4.78 is 6.60. The van der Waals surface area contributed by atoms with Gasteiger partial charge in [0.1, 0.15) is 5.75 Å². The van der Waals surface area contributed by atoms with E-state index in [1.807, 2.05) is 42.6 Å². The van der Waals surface area contributed by atoms with Gasteiger partial charge in [0.2, 0.25) is 0 Å². The van der Waals surface area contributed by atoms with Crippen LogP contribution >= 0.6 is 11.3 Å². The van der Waals surface area contributed by atoms with Crippen LogP contribution in [0.3, 0.4) is 0 Å². The van der Waals surface area contributed by atoms with E-state index in [0.717, 1.165) is 15.6 Å². The number of carbonyl (C=O) groups excluding carboxylic acids is 1. The van der Waals surface area contributed by atoms with E-state index >= 15 is 0 Å². The fourth-order valence-electron chi connectivity index (χ4n) is 2.59. The molecular formula is C19H19NO3S. The zero-order valence-electron chi connectivity index (χ0n) is 13.4. The lowest BCUT2D eigenvalue weighted by Gasteiger charge is -2.13. The average Bonchev–Trinajstić information content (AvgIpc) is 3.04. The summed E-state index contributed by atoms with van der Waals surface area (Å²) in [5, 5.41) is 16.2. The van der Waals surface area contributed by atoms with E-state index in [1.54, 1.807) is 29.5 Å². The Kier molecular flexibility index (Phi) is 5.13. The molecular weight excluding hydrogens is 322 g/mol. The van der Waals surface area contributed by atoms with E-state index in [1.165, 1.54) is 0 Å². The predicted molar refractivity (Wildman–Crippen MR) is 96.7 cm³/mol. The number of benzene rings is 2. The SMILES string of the molecule is CCOc1ccccc1C(=O)NCC(O)c1csc2ccccc12. The lowest BCUT2D eigenvalue weighted by atomic mass is 10.1. The Bertz CT molecular complexity index is 843. The maximum atomic E-state index is 12.4. The monoisotopic (exact) mass is 341 g/mol. The number of hydrogen-bond donors (Lipinski definition) is 2. The van der Waals surface area contributed by atoms with E-state index in [-0.39, 0.29) is 12.5 Å². The Morgan fingerprint density at radius 3 is 2.79 bits per heavy atom. The summed E-state index contributed by atoms with van der Waals surface area (Å²) in [6.07, 6.45) is -0.746. The van der Waals surface area contributed by atoms with Crippen LogP contribution in [-0.4, -0.2) is 24.2 Å². The zero-order chi connectivity index (χ0) is 16.9. The molecule has 0 spiro atoms. The van der Waals surface area contributed by atoms with E-state index in [0.29, 0.717) is 17.9 Å². The molecule has 0 aliphatic rings. The number of nitrogens with one attached hydrogen (secondary N) is 1. The van der Waals surface area contributed by atoms with Gasteiger partial charge in [0.15, 0.2) is 0 Å². The number of aliphatic hydroxyl groups is 1. The Morgan fingerprint density at radius 1 is 1.21 bits per heavy atom. The van der Waals surface area contributed by atoms with Gasteiger partial charge in [-0.05, 0) is 35.9 Å². The first-order valence-electron chi connectivity index (χ1n) is 7.85. The summed E-state index contributed by atoms with van der Waals surface area (Å²) >= 11 is 1.59. The van der Waals surface area contributed by atoms with Crippen LogP contribution in [0.5, 0.6) is 5.75 Å². The molecule has 3 aromatic rings. The Balaban J connectivity index is 1.70. The highest BCUT2D eigenvalue weighted by Crippen LogP contribution is 2.30. The Labute approximate surface area is 144 Å². The van der Waals surface area contributed by atoms with Crippen LogP contribution in [0.15, 0.2) is 53.9 Å². The van der Waals surface area contributed by atoms with Crippen molar-refractivity contribution in [3.8, 4) is 5.75 Å². The molecule has 1 atom stereocenters. The molecule has 1 heterocycles. The van der Waals surface area contributed by atoms with E-state index in [9.17, 15) is 9.90 Å². The molecule has 124 valence electrons. The number of para-hydroxylation sites is 1. The smallest absolute Gasteiger partial charge is 0.255 e. The lowest BCUT2D eigenvalue weighted by Crippen LogP contribution is -2.28. The largest absolute Gasteiger partial charge is 0.493 e. The maximum absolute atomic E-state index is 12.4. The second-order valence-corrected chi connectivity index (χ2v) is 6.25. The first-order chi connectivity index (χ1) is 11.7. The van der Waals surface area contributed by atoms with Gasteiger partial charge in [-0.1, -0.05) is 30.3 Å². The molecule has 2 N–H and O–H groups in total. The van der Waals surface area contributed by atoms with Crippen LogP contribution in [0.25, 0.3) is 10.1 Å². The minimum atomic E-state index is -0.746. The van der Waals surface area contributed by atoms with Crippen LogP contribution in [0.1, 0.15) is 28.9 Å². The number of amides is 1. The van der Waals surface area contributed by atoms with Gasteiger partial charge in [-0.2, -0.15) is 0 Å². The van der Waals surface area contributed by atoms with E-state index < -0.39 is 6.10 Å². The molecule has 4 nitrogen and oxygen atoms in total. The third kappa shape index (κ3) is 3.42. The summed E-state index contributed by atoms with van der Waals surface area (Å²) in [7, 11) is 0. The molecule has 0 bridgehead atoms. The minimum absolute atomic E-state index is 0.153. The summed E-state index contributed by atoms with van der Waals surface area (Å²) in [5.74, 6) is 0.297. The predicted octanol–water partition coefficient (Wildman–Crippen LogP) is 3.76. The molecule has 24 heavy (non-hydrogen) atoms. The molecule has 0 saturated carbocycles. The van der Waals surface area contributed by atoms with Gasteiger partial charge in [-0.25, -0.2) is 0 Å². The number of thiophene rings is 1. The maximum Gasteiger partial charge on any atom is 0.255 e. The van der Waals surface area contributed by atoms with Crippen molar-refractivity contribution in [3.05, 3.63) is 65.0 Å². The third-order valence-electron chi connectivity index (χ3n) is 3.76. The van der Waals surface area contributed by atoms with Crippen molar-refractivity contribution in [1.29, 1.82) is 0 Å². The topological polar surface area (TPSA) is 58.6 Å². The van der Waals surface area contributed by atoms with Crippen molar-refractivity contribution < 1.29 is 14.6 Å². The second-order valence-electron chi connectivity index (χ2n) is 5.34. The highest BCUT2D eigenvalue weighted by molar-refractivity contribution is 7.17. The quantitative estimate of drug-likeness (QED) is 0.718. The van der Waals surface area contributed by atoms with Crippen molar-refractivity contribution >= 4 is 27.3 Å². The van der Waals surface area contributed by atoms with Gasteiger partial charge in [0.05, 0.1) is 18.3 Å². The lowest BCUT2D eigenvalue weighted by molar-refractivity contribution is 0.0913. The summed E-state index contributed by atoms with van der Waals surface area (Å²) in [5.41, 5.74) is 1.32. The normalized spacial score (nSPS) is 12.1. The number of carbonyl (C=O) groups is 1. The number of fused-ring (bicyclic) bond motifs is 1.